The summed E-state index contributed by atoms with van der Waals surface area (Å²) in [6.45, 7) is 3.74. The fourth-order valence-corrected chi connectivity index (χ4v) is 2.05. The van der Waals surface area contributed by atoms with Crippen LogP contribution < -0.4 is 5.32 Å². The Morgan fingerprint density at radius 2 is 2.10 bits per heavy atom. The van der Waals surface area contributed by atoms with Crippen molar-refractivity contribution in [1.29, 1.82) is 0 Å². The number of anilines is 1. The molecule has 1 amide bonds. The van der Waals surface area contributed by atoms with Crippen LogP contribution in [0.3, 0.4) is 0 Å². The van der Waals surface area contributed by atoms with Gasteiger partial charge in [-0.1, -0.05) is 0 Å². The molecule has 0 aliphatic carbocycles. The van der Waals surface area contributed by atoms with Gasteiger partial charge in [0.1, 0.15) is 5.82 Å². The number of carbonyl (C=O) groups is 2. The molecule has 110 valence electrons. The van der Waals surface area contributed by atoms with Crippen molar-refractivity contribution in [2.24, 2.45) is 7.05 Å². The first-order chi connectivity index (χ1) is 9.88. The van der Waals surface area contributed by atoms with Crippen molar-refractivity contribution >= 4 is 17.7 Å². The lowest BCUT2D eigenvalue weighted by Crippen LogP contribution is -2.16. The number of carboxylic acids is 1. The summed E-state index contributed by atoms with van der Waals surface area (Å²) in [5.41, 5.74) is 2.67. The van der Waals surface area contributed by atoms with E-state index in [4.69, 9.17) is 5.11 Å². The molecular weight excluding hydrogens is 272 g/mol. The highest BCUT2D eigenvalue weighted by Crippen LogP contribution is 2.14. The molecule has 2 aromatic rings. The maximum absolute atomic E-state index is 12.0. The van der Waals surface area contributed by atoms with Gasteiger partial charge < -0.3 is 10.4 Å². The number of carboxylic acid groups (broad SMARTS) is 1. The number of amides is 1. The number of carbonyl (C=O) groups excluding carboxylic acids is 1. The normalized spacial score (nSPS) is 10.4. The molecule has 0 saturated heterocycles. The number of nitrogens with one attached hydrogen (secondary N) is 1. The van der Waals surface area contributed by atoms with E-state index in [1.807, 2.05) is 20.9 Å². The first-order valence-corrected chi connectivity index (χ1v) is 6.36. The number of hydrogen-bond acceptors (Lipinski definition) is 4. The summed E-state index contributed by atoms with van der Waals surface area (Å²) in [4.78, 5) is 26.8. The second-order valence-electron chi connectivity index (χ2n) is 4.73. The molecule has 0 unspecified atom stereocenters. The average Bonchev–Trinajstić information content (AvgIpc) is 2.65. The SMILES string of the molecule is Cc1nn(C)c(C)c1CC(=O)Nc1cc(C(=O)O)ccn1. The van der Waals surface area contributed by atoms with Crippen LogP contribution in [0, 0.1) is 13.8 Å². The molecule has 0 fully saturated rings. The summed E-state index contributed by atoms with van der Waals surface area (Å²) in [7, 11) is 1.82. The quantitative estimate of drug-likeness (QED) is 0.884. The van der Waals surface area contributed by atoms with Crippen LogP contribution in [0.4, 0.5) is 5.82 Å². The van der Waals surface area contributed by atoms with Crippen molar-refractivity contribution in [2.45, 2.75) is 20.3 Å². The minimum atomic E-state index is -1.06. The third-order valence-electron chi connectivity index (χ3n) is 3.27. The van der Waals surface area contributed by atoms with Crippen LogP contribution in [0.2, 0.25) is 0 Å². The largest absolute Gasteiger partial charge is 0.478 e. The molecule has 0 saturated carbocycles. The van der Waals surface area contributed by atoms with Crippen molar-refractivity contribution in [3.8, 4) is 0 Å². The van der Waals surface area contributed by atoms with Gasteiger partial charge in [0.25, 0.3) is 0 Å². The number of nitrogens with zero attached hydrogens (tertiary/aromatic N) is 3. The van der Waals surface area contributed by atoms with Crippen LogP contribution in [0.5, 0.6) is 0 Å². The Kier molecular flexibility index (Phi) is 4.02. The molecule has 7 nitrogen and oxygen atoms in total. The van der Waals surface area contributed by atoms with E-state index in [2.05, 4.69) is 15.4 Å². The van der Waals surface area contributed by atoms with E-state index in [-0.39, 0.29) is 23.7 Å². The maximum Gasteiger partial charge on any atom is 0.335 e. The highest BCUT2D eigenvalue weighted by Gasteiger charge is 2.14. The third-order valence-corrected chi connectivity index (χ3v) is 3.27. The summed E-state index contributed by atoms with van der Waals surface area (Å²) in [5, 5.41) is 15.8. The fourth-order valence-electron chi connectivity index (χ4n) is 2.05. The Morgan fingerprint density at radius 3 is 2.67 bits per heavy atom. The predicted octanol–water partition coefficient (Wildman–Crippen LogP) is 1.31. The maximum atomic E-state index is 12.0. The zero-order chi connectivity index (χ0) is 15.6. The van der Waals surface area contributed by atoms with Gasteiger partial charge in [0.2, 0.25) is 5.91 Å². The number of aryl methyl sites for hydroxylation is 2. The second-order valence-corrected chi connectivity index (χ2v) is 4.73. The van der Waals surface area contributed by atoms with Gasteiger partial charge >= 0.3 is 5.97 Å². The number of rotatable bonds is 4. The zero-order valence-electron chi connectivity index (χ0n) is 12.0. The van der Waals surface area contributed by atoms with Crippen LogP contribution in [0.1, 0.15) is 27.3 Å². The smallest absolute Gasteiger partial charge is 0.335 e. The average molecular weight is 288 g/mol. The van der Waals surface area contributed by atoms with Crippen LogP contribution in [-0.4, -0.2) is 31.7 Å². The van der Waals surface area contributed by atoms with E-state index in [0.29, 0.717) is 0 Å². The monoisotopic (exact) mass is 288 g/mol. The standard InChI is InChI=1S/C14H16N4O3/c1-8-11(9(2)18(3)17-8)7-13(19)16-12-6-10(14(20)21)4-5-15-12/h4-6H,7H2,1-3H3,(H,20,21)(H,15,16,19). The Bertz CT molecular complexity index is 706. The van der Waals surface area contributed by atoms with Gasteiger partial charge in [-0.05, 0) is 26.0 Å². The fraction of sp³-hybridized carbons (Fsp3) is 0.286. The summed E-state index contributed by atoms with van der Waals surface area (Å²) in [6, 6.07) is 2.69. The lowest BCUT2D eigenvalue weighted by Gasteiger charge is -2.05. The Morgan fingerprint density at radius 1 is 1.38 bits per heavy atom. The number of aromatic nitrogens is 3. The molecule has 0 aromatic carbocycles. The first-order valence-electron chi connectivity index (χ1n) is 6.36. The molecule has 2 rings (SSSR count). The minimum absolute atomic E-state index is 0.0778. The summed E-state index contributed by atoms with van der Waals surface area (Å²) < 4.78 is 1.72. The Balaban J connectivity index is 2.12. The van der Waals surface area contributed by atoms with Gasteiger partial charge in [0, 0.05) is 24.5 Å². The van der Waals surface area contributed by atoms with Gasteiger partial charge in [-0.15, -0.1) is 0 Å². The molecule has 0 spiro atoms. The van der Waals surface area contributed by atoms with E-state index < -0.39 is 5.97 Å². The number of hydrogen-bond donors (Lipinski definition) is 2. The third kappa shape index (κ3) is 3.25. The molecule has 0 aliphatic heterocycles. The second kappa shape index (κ2) is 5.74. The highest BCUT2D eigenvalue weighted by molar-refractivity contribution is 5.93. The number of aromatic carboxylic acids is 1. The van der Waals surface area contributed by atoms with Crippen molar-refractivity contribution < 1.29 is 14.7 Å². The zero-order valence-corrected chi connectivity index (χ0v) is 12.0. The van der Waals surface area contributed by atoms with Gasteiger partial charge in [-0.3, -0.25) is 9.48 Å². The van der Waals surface area contributed by atoms with Gasteiger partial charge in [0.05, 0.1) is 17.7 Å². The van der Waals surface area contributed by atoms with Gasteiger partial charge in [0.15, 0.2) is 0 Å². The number of pyridine rings is 1. The Labute approximate surface area is 121 Å². The van der Waals surface area contributed by atoms with Crippen LogP contribution in [0.25, 0.3) is 0 Å². The molecule has 0 atom stereocenters. The molecule has 0 aliphatic rings. The van der Waals surface area contributed by atoms with Crippen molar-refractivity contribution in [3.05, 3.63) is 40.8 Å². The van der Waals surface area contributed by atoms with Crippen molar-refractivity contribution in [1.82, 2.24) is 14.8 Å². The molecule has 2 aromatic heterocycles. The molecule has 2 N–H and O–H groups in total. The lowest BCUT2D eigenvalue weighted by molar-refractivity contribution is -0.115. The molecule has 0 bridgehead atoms. The summed E-state index contributed by atoms with van der Waals surface area (Å²) in [6.07, 6.45) is 1.52. The van der Waals surface area contributed by atoms with Crippen LogP contribution in [0.15, 0.2) is 18.3 Å². The molecule has 2 heterocycles. The van der Waals surface area contributed by atoms with Crippen molar-refractivity contribution in [3.63, 3.8) is 0 Å². The van der Waals surface area contributed by atoms with E-state index in [1.54, 1.807) is 4.68 Å². The van der Waals surface area contributed by atoms with E-state index in [0.717, 1.165) is 17.0 Å². The highest BCUT2D eigenvalue weighted by atomic mass is 16.4. The first kappa shape index (κ1) is 14.7. The van der Waals surface area contributed by atoms with Crippen LogP contribution >= 0.6 is 0 Å². The van der Waals surface area contributed by atoms with E-state index in [9.17, 15) is 9.59 Å². The molecule has 0 radical (unpaired) electrons. The molecular formula is C14H16N4O3. The van der Waals surface area contributed by atoms with Crippen molar-refractivity contribution in [2.75, 3.05) is 5.32 Å². The predicted molar refractivity (Wildman–Crippen MR) is 76.2 cm³/mol. The summed E-state index contributed by atoms with van der Waals surface area (Å²) >= 11 is 0. The van der Waals surface area contributed by atoms with E-state index >= 15 is 0 Å². The minimum Gasteiger partial charge on any atom is -0.478 e. The lowest BCUT2D eigenvalue weighted by atomic mass is 10.1. The van der Waals surface area contributed by atoms with Gasteiger partial charge in [-0.2, -0.15) is 5.10 Å². The summed E-state index contributed by atoms with van der Waals surface area (Å²) in [5.74, 6) is -1.10. The molecule has 21 heavy (non-hydrogen) atoms. The van der Waals surface area contributed by atoms with Crippen LogP contribution in [-0.2, 0) is 18.3 Å². The van der Waals surface area contributed by atoms with Gasteiger partial charge in [-0.25, -0.2) is 9.78 Å². The molecule has 7 heteroatoms. The van der Waals surface area contributed by atoms with E-state index in [1.165, 1.54) is 18.3 Å². The Hall–Kier alpha value is -2.70. The topological polar surface area (TPSA) is 97.1 Å².